The van der Waals surface area contributed by atoms with Crippen LogP contribution < -0.4 is 10.9 Å². The quantitative estimate of drug-likeness (QED) is 0.808. The highest BCUT2D eigenvalue weighted by Gasteiger charge is 2.12. The van der Waals surface area contributed by atoms with E-state index >= 15 is 0 Å². The molecule has 0 unspecified atom stereocenters. The van der Waals surface area contributed by atoms with Crippen LogP contribution in [0.2, 0.25) is 0 Å². The molecular weight excluding hydrogens is 244 g/mol. The Kier molecular flexibility index (Phi) is 3.55. The molecule has 2 amide bonds. The smallest absolute Gasteiger partial charge is 0.242 e. The Bertz CT molecular complexity index is 643. The fourth-order valence-corrected chi connectivity index (χ4v) is 1.90. The third-order valence-corrected chi connectivity index (χ3v) is 3.07. The SMILES string of the molecule is CC(=O)NNC(=O)Cc1coc2c(C)c(C)ccc12. The molecule has 0 spiro atoms. The Labute approximate surface area is 110 Å². The average Bonchev–Trinajstić information content (AvgIpc) is 2.75. The summed E-state index contributed by atoms with van der Waals surface area (Å²) in [5.41, 5.74) is 8.43. The number of hydrogen-bond acceptors (Lipinski definition) is 3. The number of carbonyl (C=O) groups is 2. The molecule has 19 heavy (non-hydrogen) atoms. The monoisotopic (exact) mass is 260 g/mol. The summed E-state index contributed by atoms with van der Waals surface area (Å²) in [5.74, 6) is -0.590. The summed E-state index contributed by atoms with van der Waals surface area (Å²) in [4.78, 5) is 22.3. The van der Waals surface area contributed by atoms with E-state index in [0.29, 0.717) is 0 Å². The van der Waals surface area contributed by atoms with Gasteiger partial charge in [-0.05, 0) is 25.0 Å². The number of amides is 2. The van der Waals surface area contributed by atoms with Gasteiger partial charge in [0, 0.05) is 17.9 Å². The minimum atomic E-state index is -0.308. The van der Waals surface area contributed by atoms with Crippen molar-refractivity contribution < 1.29 is 14.0 Å². The predicted molar refractivity (Wildman–Crippen MR) is 71.4 cm³/mol. The lowest BCUT2D eigenvalue weighted by atomic mass is 10.0. The molecule has 100 valence electrons. The number of furan rings is 1. The van der Waals surface area contributed by atoms with Gasteiger partial charge >= 0.3 is 0 Å². The zero-order valence-electron chi connectivity index (χ0n) is 11.2. The first-order valence-electron chi connectivity index (χ1n) is 6.00. The maximum Gasteiger partial charge on any atom is 0.242 e. The third kappa shape index (κ3) is 2.76. The van der Waals surface area contributed by atoms with Crippen molar-refractivity contribution in [3.63, 3.8) is 0 Å². The zero-order chi connectivity index (χ0) is 14.0. The minimum absolute atomic E-state index is 0.162. The minimum Gasteiger partial charge on any atom is -0.464 e. The summed E-state index contributed by atoms with van der Waals surface area (Å²) < 4.78 is 5.52. The summed E-state index contributed by atoms with van der Waals surface area (Å²) in [6.07, 6.45) is 1.75. The highest BCUT2D eigenvalue weighted by molar-refractivity contribution is 5.90. The van der Waals surface area contributed by atoms with Gasteiger partial charge in [0.05, 0.1) is 12.7 Å². The second kappa shape index (κ2) is 5.14. The van der Waals surface area contributed by atoms with Crippen LogP contribution in [0.3, 0.4) is 0 Å². The van der Waals surface area contributed by atoms with Crippen LogP contribution in [0.5, 0.6) is 0 Å². The largest absolute Gasteiger partial charge is 0.464 e. The number of benzene rings is 1. The molecule has 0 saturated carbocycles. The highest BCUT2D eigenvalue weighted by Crippen LogP contribution is 2.26. The molecule has 1 heterocycles. The van der Waals surface area contributed by atoms with Crippen molar-refractivity contribution in [1.29, 1.82) is 0 Å². The van der Waals surface area contributed by atoms with Crippen molar-refractivity contribution in [2.45, 2.75) is 27.2 Å². The second-order valence-corrected chi connectivity index (χ2v) is 4.55. The first-order chi connectivity index (χ1) is 8.99. The lowest BCUT2D eigenvalue weighted by Gasteiger charge is -2.04. The maximum atomic E-state index is 11.6. The molecule has 5 nitrogen and oxygen atoms in total. The zero-order valence-corrected chi connectivity index (χ0v) is 11.2. The molecule has 2 aromatic rings. The van der Waals surface area contributed by atoms with E-state index in [1.54, 1.807) is 6.26 Å². The van der Waals surface area contributed by atoms with Gasteiger partial charge in [0.25, 0.3) is 0 Å². The molecule has 0 atom stereocenters. The molecule has 0 aliphatic rings. The topological polar surface area (TPSA) is 71.3 Å². The van der Waals surface area contributed by atoms with E-state index in [0.717, 1.165) is 27.7 Å². The fraction of sp³-hybridized carbons (Fsp3) is 0.286. The van der Waals surface area contributed by atoms with Gasteiger partial charge in [0.2, 0.25) is 11.8 Å². The molecule has 2 N–H and O–H groups in total. The molecule has 1 aromatic carbocycles. The number of nitrogens with one attached hydrogen (secondary N) is 2. The molecule has 0 saturated heterocycles. The molecule has 0 aliphatic carbocycles. The standard InChI is InChI=1S/C14H16N2O3/c1-8-4-5-12-11(7-19-14(12)9(8)2)6-13(18)16-15-10(3)17/h4-5,7H,6H2,1-3H3,(H,15,17)(H,16,18). The highest BCUT2D eigenvalue weighted by atomic mass is 16.3. The van der Waals surface area contributed by atoms with Gasteiger partial charge in [0.15, 0.2) is 0 Å². The van der Waals surface area contributed by atoms with Crippen molar-refractivity contribution in [3.8, 4) is 0 Å². The lowest BCUT2D eigenvalue weighted by Crippen LogP contribution is -2.41. The van der Waals surface area contributed by atoms with E-state index in [1.165, 1.54) is 6.92 Å². The molecule has 0 radical (unpaired) electrons. The number of hydrogen-bond donors (Lipinski definition) is 2. The van der Waals surface area contributed by atoms with Crippen LogP contribution in [-0.4, -0.2) is 11.8 Å². The van der Waals surface area contributed by atoms with Crippen LogP contribution >= 0.6 is 0 Å². The summed E-state index contributed by atoms with van der Waals surface area (Å²) in [6.45, 7) is 5.34. The molecule has 2 rings (SSSR count). The Morgan fingerprint density at radius 2 is 1.95 bits per heavy atom. The summed E-state index contributed by atoms with van der Waals surface area (Å²) in [5, 5.41) is 0.932. The van der Waals surface area contributed by atoms with Gasteiger partial charge in [-0.3, -0.25) is 20.4 Å². The van der Waals surface area contributed by atoms with Crippen molar-refractivity contribution in [2.24, 2.45) is 0 Å². The molecule has 0 bridgehead atoms. The van der Waals surface area contributed by atoms with Crippen molar-refractivity contribution in [3.05, 3.63) is 35.1 Å². The van der Waals surface area contributed by atoms with Crippen molar-refractivity contribution >= 4 is 22.8 Å². The predicted octanol–water partition coefficient (Wildman–Crippen LogP) is 1.76. The van der Waals surface area contributed by atoms with Crippen molar-refractivity contribution in [1.82, 2.24) is 10.9 Å². The van der Waals surface area contributed by atoms with E-state index in [2.05, 4.69) is 10.9 Å². The summed E-state index contributed by atoms with van der Waals surface area (Å²) >= 11 is 0. The summed E-state index contributed by atoms with van der Waals surface area (Å²) in [7, 11) is 0. The third-order valence-electron chi connectivity index (χ3n) is 3.07. The molecular formula is C14H16N2O3. The van der Waals surface area contributed by atoms with E-state index in [4.69, 9.17) is 4.42 Å². The van der Waals surface area contributed by atoms with Gasteiger partial charge < -0.3 is 4.42 Å². The number of hydrazine groups is 1. The number of carbonyl (C=O) groups excluding carboxylic acids is 2. The van der Waals surface area contributed by atoms with Crippen LogP contribution in [0.1, 0.15) is 23.6 Å². The first-order valence-corrected chi connectivity index (χ1v) is 6.00. The second-order valence-electron chi connectivity index (χ2n) is 4.55. The van der Waals surface area contributed by atoms with Crippen LogP contribution in [0.15, 0.2) is 22.8 Å². The van der Waals surface area contributed by atoms with Gasteiger partial charge in [-0.1, -0.05) is 12.1 Å². The summed E-state index contributed by atoms with van der Waals surface area (Å²) in [6, 6.07) is 3.95. The van der Waals surface area contributed by atoms with Gasteiger partial charge in [-0.2, -0.15) is 0 Å². The average molecular weight is 260 g/mol. The normalized spacial score (nSPS) is 10.5. The van der Waals surface area contributed by atoms with E-state index in [9.17, 15) is 9.59 Å². The Morgan fingerprint density at radius 1 is 1.21 bits per heavy atom. The number of rotatable bonds is 2. The van der Waals surface area contributed by atoms with Gasteiger partial charge in [-0.15, -0.1) is 0 Å². The Hall–Kier alpha value is -2.30. The Balaban J connectivity index is 2.20. The van der Waals surface area contributed by atoms with Crippen molar-refractivity contribution in [2.75, 3.05) is 0 Å². The van der Waals surface area contributed by atoms with Crippen LogP contribution in [-0.2, 0) is 16.0 Å². The number of fused-ring (bicyclic) bond motifs is 1. The molecule has 0 fully saturated rings. The Morgan fingerprint density at radius 3 is 2.63 bits per heavy atom. The first kappa shape index (κ1) is 13.1. The van der Waals surface area contributed by atoms with E-state index in [1.807, 2.05) is 26.0 Å². The molecule has 1 aromatic heterocycles. The van der Waals surface area contributed by atoms with Crippen LogP contribution in [0.4, 0.5) is 0 Å². The molecule has 0 aliphatic heterocycles. The van der Waals surface area contributed by atoms with Crippen LogP contribution in [0, 0.1) is 13.8 Å². The molecule has 5 heteroatoms. The van der Waals surface area contributed by atoms with Crippen LogP contribution in [0.25, 0.3) is 11.0 Å². The van der Waals surface area contributed by atoms with Gasteiger partial charge in [0.1, 0.15) is 5.58 Å². The number of aryl methyl sites for hydroxylation is 2. The fourth-order valence-electron chi connectivity index (χ4n) is 1.90. The van der Waals surface area contributed by atoms with E-state index in [-0.39, 0.29) is 18.2 Å². The van der Waals surface area contributed by atoms with Gasteiger partial charge in [-0.25, -0.2) is 0 Å². The lowest BCUT2D eigenvalue weighted by molar-refractivity contribution is -0.127. The maximum absolute atomic E-state index is 11.6. The van der Waals surface area contributed by atoms with E-state index < -0.39 is 0 Å².